The number of halogens is 2. The van der Waals surface area contributed by atoms with Gasteiger partial charge in [0.15, 0.2) is 0 Å². The first-order valence-corrected chi connectivity index (χ1v) is 16.7. The molecule has 8 aliphatic rings. The number of nitriles is 1. The second kappa shape index (κ2) is 18.4. The second-order valence-corrected chi connectivity index (χ2v) is 13.9. The Morgan fingerprint density at radius 2 is 1.18 bits per heavy atom. The smallest absolute Gasteiger partial charge is 0.336 e. The van der Waals surface area contributed by atoms with E-state index in [4.69, 9.17) is 37.2 Å². The Hall–Kier alpha value is -1.95. The molecule has 0 amide bonds. The molecule has 8 aliphatic carbocycles. The normalized spacial score (nSPS) is 38.5. The molecule has 0 aliphatic heterocycles. The molecule has 0 radical (unpaired) electrons. The van der Waals surface area contributed by atoms with Crippen molar-refractivity contribution in [2.24, 2.45) is 65.1 Å². The van der Waals surface area contributed by atoms with Crippen LogP contribution < -0.4 is 17.8 Å². The Morgan fingerprint density at radius 1 is 0.711 bits per heavy atom. The highest BCUT2D eigenvalue weighted by molar-refractivity contribution is 6.65. The molecule has 45 heavy (non-hydrogen) atoms. The predicted molar refractivity (Wildman–Crippen MR) is 175 cm³/mol. The van der Waals surface area contributed by atoms with Crippen LogP contribution in [-0.4, -0.2) is 52.4 Å². The molecule has 250 valence electrons. The molecular formula is C36H53Cl2N3O4. The Kier molecular flexibility index (Phi) is 15.3. The Bertz CT molecular complexity index is 1130. The van der Waals surface area contributed by atoms with Crippen molar-refractivity contribution in [2.75, 3.05) is 35.2 Å². The van der Waals surface area contributed by atoms with Crippen molar-refractivity contribution in [3.05, 3.63) is 48.6 Å². The minimum atomic E-state index is 0. The molecule has 12 unspecified atom stereocenters. The molecule has 3 N–H and O–H groups in total. The zero-order valence-corrected chi connectivity index (χ0v) is 28.8. The number of nitrogens with one attached hydrogen (secondary N) is 1. The van der Waals surface area contributed by atoms with E-state index in [-0.39, 0.29) is 12.4 Å². The topological polar surface area (TPSA) is 110 Å². The van der Waals surface area contributed by atoms with E-state index in [0.29, 0.717) is 53.6 Å². The van der Waals surface area contributed by atoms with Crippen molar-refractivity contribution >= 4 is 22.7 Å². The van der Waals surface area contributed by atoms with E-state index >= 15 is 0 Å². The lowest BCUT2D eigenvalue weighted by Gasteiger charge is -2.14. The fourth-order valence-electron chi connectivity index (χ4n) is 8.38. The first kappa shape index (κ1) is 37.5. The van der Waals surface area contributed by atoms with Crippen LogP contribution in [0.3, 0.4) is 0 Å². The first-order valence-electron chi connectivity index (χ1n) is 16.3. The number of hydrogen-bond donors (Lipinski definition) is 2. The van der Waals surface area contributed by atoms with Crippen LogP contribution in [0.25, 0.3) is 0 Å². The average molecular weight is 663 g/mol. The molecule has 0 aromatic heterocycles. The number of hydrogen-bond acceptors (Lipinski definition) is 6. The van der Waals surface area contributed by atoms with Crippen LogP contribution in [0.2, 0.25) is 0 Å². The van der Waals surface area contributed by atoms with Gasteiger partial charge in [0.1, 0.15) is 12.0 Å². The van der Waals surface area contributed by atoms with Crippen molar-refractivity contribution in [3.63, 3.8) is 0 Å². The third-order valence-corrected chi connectivity index (χ3v) is 11.0. The summed E-state index contributed by atoms with van der Waals surface area (Å²) in [7, 11) is 6.65. The zero-order chi connectivity index (χ0) is 31.6. The maximum atomic E-state index is 8.60. The number of fused-ring (bicyclic) bond motifs is 8. The number of nitrogens with zero attached hydrogens (tertiary/aromatic N) is 1. The summed E-state index contributed by atoms with van der Waals surface area (Å²) in [5.74, 6) is 7.65. The fourth-order valence-corrected chi connectivity index (χ4v) is 8.63. The van der Waals surface area contributed by atoms with Gasteiger partial charge in [-0.15, -0.1) is 0 Å². The summed E-state index contributed by atoms with van der Waals surface area (Å²) in [6, 6.07) is 2.34. The van der Waals surface area contributed by atoms with Gasteiger partial charge >= 0.3 is 5.90 Å². The first-order chi connectivity index (χ1) is 21.3. The van der Waals surface area contributed by atoms with Crippen LogP contribution in [0.1, 0.15) is 51.4 Å². The average Bonchev–Trinajstić information content (AvgIpc) is 3.91. The van der Waals surface area contributed by atoms with E-state index in [1.807, 2.05) is 7.11 Å². The van der Waals surface area contributed by atoms with Crippen LogP contribution in [0.4, 0.5) is 0 Å². The number of allylic oxidation sites excluding steroid dienone is 7. The molecule has 4 fully saturated rings. The van der Waals surface area contributed by atoms with E-state index in [9.17, 15) is 0 Å². The summed E-state index contributed by atoms with van der Waals surface area (Å²) in [5.41, 5.74) is 0. The van der Waals surface area contributed by atoms with Gasteiger partial charge in [-0.25, -0.2) is 5.41 Å². The summed E-state index contributed by atoms with van der Waals surface area (Å²) in [6.07, 6.45) is 28.5. The highest BCUT2D eigenvalue weighted by atomic mass is 35.5. The Balaban J connectivity index is 0.000000155. The fraction of sp³-hybridized carbons (Fsp3) is 0.694. The second-order valence-electron chi connectivity index (χ2n) is 13.5. The van der Waals surface area contributed by atoms with Gasteiger partial charge in [-0.3, -0.25) is 5.41 Å². The van der Waals surface area contributed by atoms with Gasteiger partial charge in [-0.05, 0) is 92.8 Å². The van der Waals surface area contributed by atoms with Crippen molar-refractivity contribution < 1.29 is 36.8 Å². The number of nitrogens with two attached hydrogens (primary N) is 1. The lowest BCUT2D eigenvalue weighted by atomic mass is 9.93. The van der Waals surface area contributed by atoms with Gasteiger partial charge in [0.05, 0.1) is 31.1 Å². The summed E-state index contributed by atoms with van der Waals surface area (Å²) in [6.45, 7) is 0.389. The quantitative estimate of drug-likeness (QED) is 0.204. The zero-order valence-electron chi connectivity index (χ0n) is 27.3. The Labute approximate surface area is 281 Å². The minimum Gasteiger partial charge on any atom is -1.00 e. The van der Waals surface area contributed by atoms with Crippen molar-refractivity contribution in [3.8, 4) is 6.07 Å². The maximum Gasteiger partial charge on any atom is 0.336 e. The molecule has 8 rings (SSSR count). The molecule has 0 heterocycles. The van der Waals surface area contributed by atoms with Crippen molar-refractivity contribution in [1.29, 1.82) is 10.7 Å². The van der Waals surface area contributed by atoms with Gasteiger partial charge in [-0.2, -0.15) is 5.26 Å². The monoisotopic (exact) mass is 661 g/mol. The standard InChI is InChI=1S/C9H13NO.C8H10ClN.C8H9N.C8H12O.C3H8O2.ClH/c1-11-9(10)8-5-6-2-3-7(8)4-6;9-8(10)7-4-5-1-2-6(7)3-5;9-5-8-4-6-1-2-7(8)3-6;1-9-8-5-6-2-3-7(8)4-6;1-4-3-5-2;/h2-3,6-8,10H,4-5H2,1H3;1-2,5-7,10H,3-4H2;1-2,6-8H,3-4H2;2-3,6-8H,4-5H2,1H3;3H2,1-2H3;1H. The van der Waals surface area contributed by atoms with Gasteiger partial charge in [0.25, 0.3) is 0 Å². The highest BCUT2D eigenvalue weighted by Crippen LogP contribution is 2.45. The van der Waals surface area contributed by atoms with E-state index in [1.165, 1.54) is 38.5 Å². The minimum absolute atomic E-state index is 0. The van der Waals surface area contributed by atoms with Gasteiger partial charge < -0.3 is 31.4 Å². The van der Waals surface area contributed by atoms with Crippen LogP contribution in [-0.2, 0) is 18.9 Å². The third-order valence-electron chi connectivity index (χ3n) is 10.7. The molecule has 9 heteroatoms. The van der Waals surface area contributed by atoms with Gasteiger partial charge in [0.2, 0.25) is 0 Å². The van der Waals surface area contributed by atoms with Crippen molar-refractivity contribution in [2.45, 2.75) is 57.5 Å². The van der Waals surface area contributed by atoms with Crippen molar-refractivity contribution in [1.82, 2.24) is 0 Å². The molecule has 4 saturated carbocycles. The third kappa shape index (κ3) is 10.0. The van der Waals surface area contributed by atoms with Gasteiger partial charge in [0, 0.05) is 33.2 Å². The number of methoxy groups -OCH3 is 4. The SMILES string of the molecule is COC(=[NH2+])C1CC2C=CC1C2.COC1CC2C=CC1C2.COCOC.N#CC1CC2C=CC1C2.N=C(Cl)C1CC2C=CC1C2.[Cl-]. The lowest BCUT2D eigenvalue weighted by molar-refractivity contribution is -0.146. The van der Waals surface area contributed by atoms with E-state index in [2.05, 4.69) is 64.2 Å². The summed E-state index contributed by atoms with van der Waals surface area (Å²) in [5, 5.41) is 22.0. The van der Waals surface area contributed by atoms with Crippen LogP contribution in [0, 0.1) is 81.8 Å². The molecule has 12 atom stereocenters. The Morgan fingerprint density at radius 3 is 1.40 bits per heavy atom. The summed E-state index contributed by atoms with van der Waals surface area (Å²) < 4.78 is 19.3. The predicted octanol–water partition coefficient (Wildman–Crippen LogP) is 2.98. The summed E-state index contributed by atoms with van der Waals surface area (Å²) in [4.78, 5) is 0. The number of rotatable bonds is 5. The lowest BCUT2D eigenvalue weighted by Crippen LogP contribution is -3.00. The van der Waals surface area contributed by atoms with Crippen LogP contribution >= 0.6 is 11.6 Å². The molecule has 7 nitrogen and oxygen atoms in total. The molecule has 0 aromatic rings. The van der Waals surface area contributed by atoms with Crippen LogP contribution in [0.15, 0.2) is 48.6 Å². The molecule has 0 aromatic carbocycles. The highest BCUT2D eigenvalue weighted by Gasteiger charge is 2.41. The molecule has 0 saturated heterocycles. The summed E-state index contributed by atoms with van der Waals surface area (Å²) >= 11 is 5.63. The van der Waals surface area contributed by atoms with E-state index in [1.54, 1.807) is 21.3 Å². The maximum absolute atomic E-state index is 8.60. The van der Waals surface area contributed by atoms with Gasteiger partial charge in [-0.1, -0.05) is 60.2 Å². The van der Waals surface area contributed by atoms with E-state index in [0.717, 1.165) is 48.3 Å². The van der Waals surface area contributed by atoms with Crippen LogP contribution in [0.5, 0.6) is 0 Å². The number of ether oxygens (including phenoxy) is 4. The molecular weight excluding hydrogens is 609 g/mol. The molecule has 0 spiro atoms. The van der Waals surface area contributed by atoms with E-state index < -0.39 is 0 Å². The largest absolute Gasteiger partial charge is 1.00 e. The molecule has 8 bridgehead atoms.